The quantitative estimate of drug-likeness (QED) is 0.164. The molecule has 266 valence electrons. The van der Waals surface area contributed by atoms with E-state index in [0.29, 0.717) is 60.9 Å². The van der Waals surface area contributed by atoms with Crippen LogP contribution in [0.5, 0.6) is 5.75 Å². The molecule has 1 aliphatic rings. The van der Waals surface area contributed by atoms with E-state index in [9.17, 15) is 21.6 Å². The van der Waals surface area contributed by atoms with Gasteiger partial charge in [-0.3, -0.25) is 19.7 Å². The van der Waals surface area contributed by atoms with E-state index in [2.05, 4.69) is 14.9 Å². The van der Waals surface area contributed by atoms with E-state index in [1.54, 1.807) is 98.4 Å². The van der Waals surface area contributed by atoms with Gasteiger partial charge >= 0.3 is 10.1 Å². The summed E-state index contributed by atoms with van der Waals surface area (Å²) in [5.41, 5.74) is 1.44. The van der Waals surface area contributed by atoms with Crippen LogP contribution in [-0.4, -0.2) is 92.6 Å². The predicted molar refractivity (Wildman–Crippen MR) is 199 cm³/mol. The minimum absolute atomic E-state index is 0.0243. The van der Waals surface area contributed by atoms with Crippen LogP contribution in [0.4, 0.5) is 0 Å². The molecule has 1 amide bonds. The summed E-state index contributed by atoms with van der Waals surface area (Å²) in [6.45, 7) is 2.61. The maximum absolute atomic E-state index is 14.3. The van der Waals surface area contributed by atoms with E-state index >= 15 is 0 Å². The van der Waals surface area contributed by atoms with Gasteiger partial charge in [-0.25, -0.2) is 8.42 Å². The minimum atomic E-state index is -4.16. The van der Waals surface area contributed by atoms with Gasteiger partial charge in [0.05, 0.1) is 4.90 Å². The summed E-state index contributed by atoms with van der Waals surface area (Å²) in [6, 6.07) is 28.8. The smallest absolute Gasteiger partial charge is 0.339 e. The maximum Gasteiger partial charge on any atom is 0.339 e. The first-order valence-corrected chi connectivity index (χ1v) is 19.7. The second kappa shape index (κ2) is 14.8. The molecule has 0 spiro atoms. The standard InChI is InChI=1S/C39H37N5O6S2/c1-42(51(46,47)37-11-5-9-31-26-40-19-17-35(31)37)33(28-43-21-23-44(24-22-43)39(45)30-7-3-2-4-8-30)25-29-13-15-34(16-14-29)50-52(48,49)38-12-6-10-32-27-41-20-18-36(32)38/h2-20,26-27,33H,21-25,28H2,1H3. The zero-order chi connectivity index (χ0) is 36.3. The number of piperazine rings is 1. The minimum Gasteiger partial charge on any atom is -0.379 e. The normalized spacial score (nSPS) is 14.8. The number of aromatic nitrogens is 2. The van der Waals surface area contributed by atoms with E-state index in [1.807, 2.05) is 29.2 Å². The summed E-state index contributed by atoms with van der Waals surface area (Å²) >= 11 is 0. The zero-order valence-electron chi connectivity index (χ0n) is 28.4. The molecule has 0 bridgehead atoms. The van der Waals surface area contributed by atoms with Gasteiger partial charge < -0.3 is 9.08 Å². The van der Waals surface area contributed by atoms with Crippen LogP contribution in [0.15, 0.2) is 138 Å². The van der Waals surface area contributed by atoms with Crippen LogP contribution >= 0.6 is 0 Å². The fraction of sp³-hybridized carbons (Fsp3) is 0.205. The fourth-order valence-corrected chi connectivity index (χ4v) is 9.32. The van der Waals surface area contributed by atoms with Crippen molar-refractivity contribution in [1.82, 2.24) is 24.1 Å². The van der Waals surface area contributed by atoms with Crippen molar-refractivity contribution in [3.05, 3.63) is 139 Å². The first-order chi connectivity index (χ1) is 25.1. The van der Waals surface area contributed by atoms with Crippen LogP contribution in [-0.2, 0) is 26.6 Å². The van der Waals surface area contributed by atoms with Crippen molar-refractivity contribution in [2.45, 2.75) is 22.3 Å². The lowest BCUT2D eigenvalue weighted by molar-refractivity contribution is 0.0614. The lowest BCUT2D eigenvalue weighted by atomic mass is 10.0. The number of amides is 1. The molecule has 1 aliphatic heterocycles. The van der Waals surface area contributed by atoms with Crippen molar-refractivity contribution in [1.29, 1.82) is 0 Å². The monoisotopic (exact) mass is 735 g/mol. The number of benzene rings is 4. The SMILES string of the molecule is CN(C(Cc1ccc(OS(=O)(=O)c2cccc3cnccc23)cc1)CN1CCN(C(=O)c2ccccc2)CC1)S(=O)(=O)c1cccc2cnccc12. The number of carbonyl (C=O) groups is 1. The second-order valence-electron chi connectivity index (χ2n) is 12.7. The van der Waals surface area contributed by atoms with Crippen LogP contribution in [0.1, 0.15) is 15.9 Å². The number of nitrogens with zero attached hydrogens (tertiary/aromatic N) is 5. The molecule has 1 fully saturated rings. The lowest BCUT2D eigenvalue weighted by Crippen LogP contribution is -2.53. The third kappa shape index (κ3) is 7.39. The van der Waals surface area contributed by atoms with Crippen molar-refractivity contribution >= 4 is 47.6 Å². The predicted octanol–water partition coefficient (Wildman–Crippen LogP) is 5.24. The lowest BCUT2D eigenvalue weighted by Gasteiger charge is -2.38. The van der Waals surface area contributed by atoms with Gasteiger partial charge in [-0.2, -0.15) is 12.7 Å². The van der Waals surface area contributed by atoms with Gasteiger partial charge in [-0.15, -0.1) is 0 Å². The molecular formula is C39H37N5O6S2. The summed E-state index contributed by atoms with van der Waals surface area (Å²) in [5, 5.41) is 2.49. The van der Waals surface area contributed by atoms with Gasteiger partial charge in [0.1, 0.15) is 10.6 Å². The third-order valence-electron chi connectivity index (χ3n) is 9.47. The zero-order valence-corrected chi connectivity index (χ0v) is 30.1. The molecule has 52 heavy (non-hydrogen) atoms. The average Bonchev–Trinajstić information content (AvgIpc) is 3.17. The first kappa shape index (κ1) is 35.2. The molecule has 0 radical (unpaired) electrons. The molecule has 1 atom stereocenters. The molecule has 13 heteroatoms. The summed E-state index contributed by atoms with van der Waals surface area (Å²) in [5.74, 6) is 0.111. The van der Waals surface area contributed by atoms with Crippen LogP contribution in [0.25, 0.3) is 21.5 Å². The first-order valence-electron chi connectivity index (χ1n) is 16.8. The molecule has 0 N–H and O–H groups in total. The van der Waals surface area contributed by atoms with E-state index in [-0.39, 0.29) is 21.4 Å². The summed E-state index contributed by atoms with van der Waals surface area (Å²) in [6.07, 6.45) is 6.69. The van der Waals surface area contributed by atoms with E-state index in [1.165, 1.54) is 16.6 Å². The topological polar surface area (TPSA) is 130 Å². The second-order valence-corrected chi connectivity index (χ2v) is 16.2. The Morgan fingerprint density at radius 1 is 0.731 bits per heavy atom. The fourth-order valence-electron chi connectivity index (χ4n) is 6.61. The molecule has 0 saturated carbocycles. The number of hydrogen-bond acceptors (Lipinski definition) is 9. The Morgan fingerprint density at radius 3 is 1.96 bits per heavy atom. The number of fused-ring (bicyclic) bond motifs is 2. The average molecular weight is 736 g/mol. The number of pyridine rings is 2. The molecule has 4 aromatic carbocycles. The Kier molecular flexibility index (Phi) is 10.0. The van der Waals surface area contributed by atoms with E-state index in [4.69, 9.17) is 4.18 Å². The van der Waals surface area contributed by atoms with Crippen molar-refractivity contribution in [2.24, 2.45) is 0 Å². The Hall–Kier alpha value is -5.21. The number of rotatable bonds is 11. The number of hydrogen-bond donors (Lipinski definition) is 0. The Morgan fingerprint density at radius 2 is 1.33 bits per heavy atom. The van der Waals surface area contributed by atoms with Crippen molar-refractivity contribution in [3.63, 3.8) is 0 Å². The van der Waals surface area contributed by atoms with Crippen molar-refractivity contribution in [3.8, 4) is 5.75 Å². The summed E-state index contributed by atoms with van der Waals surface area (Å²) in [7, 11) is -6.53. The Bertz CT molecular complexity index is 2430. The van der Waals surface area contributed by atoms with Gasteiger partial charge in [-0.05, 0) is 60.5 Å². The Balaban J connectivity index is 1.12. The molecule has 6 aromatic rings. The van der Waals surface area contributed by atoms with Gasteiger partial charge in [0.2, 0.25) is 10.0 Å². The van der Waals surface area contributed by atoms with Crippen LogP contribution in [0.3, 0.4) is 0 Å². The van der Waals surface area contributed by atoms with Gasteiger partial charge in [0.15, 0.2) is 0 Å². The third-order valence-corrected chi connectivity index (χ3v) is 12.7. The molecule has 0 aliphatic carbocycles. The highest BCUT2D eigenvalue weighted by Crippen LogP contribution is 2.29. The number of likely N-dealkylation sites (N-methyl/N-ethyl adjacent to an activating group) is 1. The highest BCUT2D eigenvalue weighted by atomic mass is 32.2. The molecule has 3 heterocycles. The molecule has 2 aromatic heterocycles. The Labute approximate surface area is 303 Å². The van der Waals surface area contributed by atoms with E-state index < -0.39 is 26.2 Å². The maximum atomic E-state index is 14.3. The van der Waals surface area contributed by atoms with Crippen molar-refractivity contribution in [2.75, 3.05) is 39.8 Å². The van der Waals surface area contributed by atoms with Gasteiger partial charge in [0.25, 0.3) is 5.91 Å². The largest absolute Gasteiger partial charge is 0.379 e. The molecule has 1 unspecified atom stereocenters. The van der Waals surface area contributed by atoms with Crippen molar-refractivity contribution < 1.29 is 25.8 Å². The van der Waals surface area contributed by atoms with Crippen LogP contribution in [0.2, 0.25) is 0 Å². The highest BCUT2D eigenvalue weighted by Gasteiger charge is 2.32. The van der Waals surface area contributed by atoms with E-state index in [0.717, 1.165) is 10.9 Å². The number of carbonyl (C=O) groups excluding carboxylic acids is 1. The number of sulfonamides is 1. The molecule has 1 saturated heterocycles. The molecular weight excluding hydrogens is 699 g/mol. The van der Waals surface area contributed by atoms with Gasteiger partial charge in [0, 0.05) is 97.7 Å². The molecule has 7 rings (SSSR count). The summed E-state index contributed by atoms with van der Waals surface area (Å²) < 4.78 is 62.2. The molecule has 11 nitrogen and oxygen atoms in total. The van der Waals surface area contributed by atoms with Crippen LogP contribution < -0.4 is 4.18 Å². The summed E-state index contributed by atoms with van der Waals surface area (Å²) in [4.78, 5) is 25.6. The highest BCUT2D eigenvalue weighted by molar-refractivity contribution is 7.89. The van der Waals surface area contributed by atoms with Gasteiger partial charge in [-0.1, -0.05) is 54.6 Å². The van der Waals surface area contributed by atoms with Crippen LogP contribution in [0, 0.1) is 0 Å².